The van der Waals surface area contributed by atoms with Crippen LogP contribution in [0.2, 0.25) is 0 Å². The van der Waals surface area contributed by atoms with Gasteiger partial charge >= 0.3 is 0 Å². The van der Waals surface area contributed by atoms with E-state index in [1.165, 1.54) is 0 Å². The number of anilines is 2. The molecule has 114 valence electrons. The average molecular weight is 290 g/mol. The number of nitrogens with one attached hydrogen (secondary N) is 1. The van der Waals surface area contributed by atoms with E-state index < -0.39 is 0 Å². The quantitative estimate of drug-likeness (QED) is 0.745. The van der Waals surface area contributed by atoms with E-state index in [0.29, 0.717) is 11.7 Å². The molecule has 0 heterocycles. The Bertz CT molecular complexity index is 511. The van der Waals surface area contributed by atoms with Gasteiger partial charge in [0.05, 0.1) is 13.1 Å². The molecule has 2 rings (SSSR count). The third-order valence-electron chi connectivity index (χ3n) is 3.42. The minimum Gasteiger partial charge on any atom is -0.399 e. The topological polar surface area (TPSA) is 78.7 Å². The molecule has 0 saturated heterocycles. The second-order valence-electron chi connectivity index (χ2n) is 5.56. The fraction of sp³-hybridized carbons (Fsp3) is 0.467. The number of hydrogen-bond donors (Lipinski definition) is 2. The summed E-state index contributed by atoms with van der Waals surface area (Å²) in [7, 11) is 3.48. The summed E-state index contributed by atoms with van der Waals surface area (Å²) in [6, 6.07) is 7.46. The fourth-order valence-corrected chi connectivity index (χ4v) is 1.98. The summed E-state index contributed by atoms with van der Waals surface area (Å²) in [4.78, 5) is 27.1. The smallest absolute Gasteiger partial charge is 0.240 e. The van der Waals surface area contributed by atoms with Gasteiger partial charge in [-0.2, -0.15) is 0 Å². The molecular weight excluding hydrogens is 268 g/mol. The molecule has 6 nitrogen and oxygen atoms in total. The fourth-order valence-electron chi connectivity index (χ4n) is 1.98. The molecule has 1 saturated carbocycles. The Labute approximate surface area is 124 Å². The monoisotopic (exact) mass is 290 g/mol. The number of nitrogens with two attached hydrogens (primary N) is 1. The van der Waals surface area contributed by atoms with Gasteiger partial charge in [0.15, 0.2) is 0 Å². The second kappa shape index (κ2) is 6.58. The van der Waals surface area contributed by atoms with Gasteiger partial charge in [-0.15, -0.1) is 0 Å². The Balaban J connectivity index is 1.81. The van der Waals surface area contributed by atoms with Gasteiger partial charge in [0.2, 0.25) is 11.8 Å². The van der Waals surface area contributed by atoms with E-state index >= 15 is 0 Å². The van der Waals surface area contributed by atoms with Gasteiger partial charge in [-0.05, 0) is 44.2 Å². The zero-order valence-corrected chi connectivity index (χ0v) is 12.5. The van der Waals surface area contributed by atoms with E-state index in [1.807, 2.05) is 0 Å². The largest absolute Gasteiger partial charge is 0.399 e. The summed E-state index contributed by atoms with van der Waals surface area (Å²) >= 11 is 0. The minimum absolute atomic E-state index is 0.0251. The Kier molecular flexibility index (Phi) is 4.80. The van der Waals surface area contributed by atoms with Crippen LogP contribution in [0.25, 0.3) is 0 Å². The van der Waals surface area contributed by atoms with Crippen LogP contribution in [0.4, 0.5) is 11.4 Å². The molecule has 0 spiro atoms. The first kappa shape index (κ1) is 15.3. The highest BCUT2D eigenvalue weighted by atomic mass is 16.2. The number of hydrogen-bond acceptors (Lipinski definition) is 4. The number of nitrogens with zero attached hydrogens (tertiary/aromatic N) is 2. The number of carbonyl (C=O) groups excluding carboxylic acids is 2. The highest BCUT2D eigenvalue weighted by molar-refractivity contribution is 5.94. The number of benzene rings is 1. The molecule has 2 amide bonds. The lowest BCUT2D eigenvalue weighted by atomic mass is 10.2. The molecule has 1 aromatic rings. The molecule has 0 radical (unpaired) electrons. The van der Waals surface area contributed by atoms with Crippen molar-refractivity contribution in [3.05, 3.63) is 24.3 Å². The minimum atomic E-state index is -0.0681. The molecule has 1 aromatic carbocycles. The normalized spacial score (nSPS) is 14.0. The molecule has 0 atom stereocenters. The number of amides is 2. The molecule has 0 bridgehead atoms. The van der Waals surface area contributed by atoms with Crippen LogP contribution >= 0.6 is 0 Å². The van der Waals surface area contributed by atoms with Gasteiger partial charge in [0.1, 0.15) is 0 Å². The molecule has 1 aliphatic carbocycles. The number of nitrogen functional groups attached to an aromatic ring is 1. The SMILES string of the molecule is CN(CC(=O)NC1CC1)CC(=O)N(C)c1ccc(N)cc1. The van der Waals surface area contributed by atoms with E-state index in [-0.39, 0.29) is 24.9 Å². The van der Waals surface area contributed by atoms with Crippen LogP contribution < -0.4 is 16.0 Å². The molecule has 0 aromatic heterocycles. The molecule has 6 heteroatoms. The van der Waals surface area contributed by atoms with Crippen LogP contribution in [0.1, 0.15) is 12.8 Å². The summed E-state index contributed by atoms with van der Waals surface area (Å²) in [6.07, 6.45) is 2.13. The lowest BCUT2D eigenvalue weighted by Crippen LogP contribution is -2.42. The Morgan fingerprint density at radius 1 is 1.19 bits per heavy atom. The molecule has 0 unspecified atom stereocenters. The van der Waals surface area contributed by atoms with Crippen molar-refractivity contribution in [1.29, 1.82) is 0 Å². The van der Waals surface area contributed by atoms with Crippen LogP contribution in [0.5, 0.6) is 0 Å². The molecule has 21 heavy (non-hydrogen) atoms. The number of carbonyl (C=O) groups is 2. The Hall–Kier alpha value is -2.08. The van der Waals surface area contributed by atoms with E-state index in [2.05, 4.69) is 5.32 Å². The van der Waals surface area contributed by atoms with Crippen molar-refractivity contribution in [3.8, 4) is 0 Å². The summed E-state index contributed by atoms with van der Waals surface area (Å²) in [6.45, 7) is 0.427. The van der Waals surface area contributed by atoms with Crippen LogP contribution in [0.15, 0.2) is 24.3 Å². The van der Waals surface area contributed by atoms with E-state index in [9.17, 15) is 9.59 Å². The Morgan fingerprint density at radius 2 is 1.81 bits per heavy atom. The van der Waals surface area contributed by atoms with E-state index in [0.717, 1.165) is 18.5 Å². The molecule has 1 fully saturated rings. The lowest BCUT2D eigenvalue weighted by molar-refractivity contribution is -0.123. The first-order valence-electron chi connectivity index (χ1n) is 7.05. The highest BCUT2D eigenvalue weighted by Crippen LogP contribution is 2.18. The van der Waals surface area contributed by atoms with Crippen molar-refractivity contribution < 1.29 is 9.59 Å². The zero-order valence-electron chi connectivity index (χ0n) is 12.5. The number of likely N-dealkylation sites (N-methyl/N-ethyl adjacent to an activating group) is 2. The van der Waals surface area contributed by atoms with Crippen molar-refractivity contribution in [2.75, 3.05) is 37.8 Å². The second-order valence-corrected chi connectivity index (χ2v) is 5.56. The van der Waals surface area contributed by atoms with Crippen molar-refractivity contribution in [2.24, 2.45) is 0 Å². The standard InChI is InChI=1S/C15H22N4O2/c1-18(9-14(20)17-12-5-6-12)10-15(21)19(2)13-7-3-11(16)4-8-13/h3-4,7-8,12H,5-6,9-10,16H2,1-2H3,(H,17,20). The van der Waals surface area contributed by atoms with Crippen molar-refractivity contribution in [1.82, 2.24) is 10.2 Å². The van der Waals surface area contributed by atoms with Crippen LogP contribution in [-0.2, 0) is 9.59 Å². The maximum absolute atomic E-state index is 12.2. The molecular formula is C15H22N4O2. The molecule has 3 N–H and O–H groups in total. The Morgan fingerprint density at radius 3 is 2.38 bits per heavy atom. The summed E-state index contributed by atoms with van der Waals surface area (Å²) < 4.78 is 0. The van der Waals surface area contributed by atoms with Gasteiger partial charge in [0.25, 0.3) is 0 Å². The highest BCUT2D eigenvalue weighted by Gasteiger charge is 2.24. The first-order valence-corrected chi connectivity index (χ1v) is 7.05. The first-order chi connectivity index (χ1) is 9.95. The summed E-state index contributed by atoms with van der Waals surface area (Å²) in [5.74, 6) is -0.0931. The average Bonchev–Trinajstić information content (AvgIpc) is 3.22. The molecule has 1 aliphatic rings. The van der Waals surface area contributed by atoms with Gasteiger partial charge in [-0.3, -0.25) is 14.5 Å². The van der Waals surface area contributed by atoms with Gasteiger partial charge in [-0.1, -0.05) is 0 Å². The molecule has 0 aliphatic heterocycles. The van der Waals surface area contributed by atoms with Gasteiger partial charge in [0, 0.05) is 24.5 Å². The van der Waals surface area contributed by atoms with E-state index in [1.54, 1.807) is 48.2 Å². The van der Waals surface area contributed by atoms with Crippen LogP contribution in [0.3, 0.4) is 0 Å². The predicted octanol–water partition coefficient (Wildman–Crippen LogP) is 0.442. The maximum Gasteiger partial charge on any atom is 0.240 e. The predicted molar refractivity (Wildman–Crippen MR) is 82.9 cm³/mol. The third-order valence-corrected chi connectivity index (χ3v) is 3.42. The van der Waals surface area contributed by atoms with Crippen LogP contribution in [-0.4, -0.2) is 49.9 Å². The van der Waals surface area contributed by atoms with Gasteiger partial charge in [-0.25, -0.2) is 0 Å². The maximum atomic E-state index is 12.2. The van der Waals surface area contributed by atoms with Crippen LogP contribution in [0, 0.1) is 0 Å². The lowest BCUT2D eigenvalue weighted by Gasteiger charge is -2.21. The van der Waals surface area contributed by atoms with Crippen molar-refractivity contribution in [2.45, 2.75) is 18.9 Å². The third kappa shape index (κ3) is 4.75. The van der Waals surface area contributed by atoms with Gasteiger partial charge < -0.3 is 16.0 Å². The van der Waals surface area contributed by atoms with Crippen molar-refractivity contribution >= 4 is 23.2 Å². The summed E-state index contributed by atoms with van der Waals surface area (Å²) in [5.41, 5.74) is 7.07. The summed E-state index contributed by atoms with van der Waals surface area (Å²) in [5, 5.41) is 2.91. The number of rotatable bonds is 6. The van der Waals surface area contributed by atoms with E-state index in [4.69, 9.17) is 5.73 Å². The zero-order chi connectivity index (χ0) is 15.4. The van der Waals surface area contributed by atoms with Crippen molar-refractivity contribution in [3.63, 3.8) is 0 Å².